The number of rotatable bonds is 60. The van der Waals surface area contributed by atoms with Gasteiger partial charge in [-0.3, -0.25) is 9.59 Å². The second kappa shape index (κ2) is 60.9. The Morgan fingerprint density at radius 1 is 0.380 bits per heavy atom. The predicted molar refractivity (Wildman–Crippen MR) is 310 cm³/mol. The van der Waals surface area contributed by atoms with Crippen molar-refractivity contribution in [3.8, 4) is 0 Å². The summed E-state index contributed by atoms with van der Waals surface area (Å²) in [4.78, 5) is 24.5. The normalized spacial score (nSPS) is 12.7. The molecule has 3 N–H and O–H groups in total. The maximum absolute atomic E-state index is 12.5. The molecule has 0 aromatic carbocycles. The smallest absolute Gasteiger partial charge is 0.305 e. The van der Waals surface area contributed by atoms with Crippen LogP contribution >= 0.6 is 0 Å². The Hall–Kier alpha value is -1.66. The van der Waals surface area contributed by atoms with Gasteiger partial charge in [0.25, 0.3) is 0 Å². The zero-order valence-corrected chi connectivity index (χ0v) is 48.0. The minimum Gasteiger partial charge on any atom is -0.466 e. The Labute approximate surface area is 443 Å². The summed E-state index contributed by atoms with van der Waals surface area (Å²) in [7, 11) is 0. The number of nitrogens with one attached hydrogen (secondary N) is 1. The van der Waals surface area contributed by atoms with E-state index in [0.29, 0.717) is 19.4 Å². The first-order valence-electron chi connectivity index (χ1n) is 32.1. The maximum Gasteiger partial charge on any atom is 0.305 e. The first-order chi connectivity index (χ1) is 35.0. The van der Waals surface area contributed by atoms with E-state index >= 15 is 0 Å². The van der Waals surface area contributed by atoms with Crippen molar-refractivity contribution in [3.05, 3.63) is 24.3 Å². The third-order valence-electron chi connectivity index (χ3n) is 15.0. The van der Waals surface area contributed by atoms with Crippen molar-refractivity contribution in [2.45, 2.75) is 366 Å². The highest BCUT2D eigenvalue weighted by Gasteiger charge is 2.18. The summed E-state index contributed by atoms with van der Waals surface area (Å²) in [6.07, 6.45) is 75.1. The minimum absolute atomic E-state index is 0.00344. The van der Waals surface area contributed by atoms with Gasteiger partial charge in [-0.15, -0.1) is 0 Å². The monoisotopic (exact) mass is 1000 g/mol. The molecule has 0 saturated heterocycles. The number of hydrogen-bond donors (Lipinski definition) is 3. The van der Waals surface area contributed by atoms with Crippen molar-refractivity contribution in [2.24, 2.45) is 0 Å². The number of unbranched alkanes of at least 4 members (excludes halogenated alkanes) is 47. The Balaban J connectivity index is 3.48. The molecule has 420 valence electrons. The van der Waals surface area contributed by atoms with Crippen LogP contribution in [-0.2, 0) is 14.3 Å². The van der Waals surface area contributed by atoms with Gasteiger partial charge in [0, 0.05) is 12.8 Å². The number of allylic oxidation sites excluding steroid dienone is 3. The molecule has 0 rings (SSSR count). The fraction of sp³-hybridized carbons (Fsp3) is 0.908. The summed E-state index contributed by atoms with van der Waals surface area (Å²) < 4.78 is 5.47. The molecule has 0 aliphatic carbocycles. The summed E-state index contributed by atoms with van der Waals surface area (Å²) in [5.41, 5.74) is 0. The van der Waals surface area contributed by atoms with Crippen LogP contribution in [0.15, 0.2) is 24.3 Å². The number of esters is 1. The number of aliphatic hydroxyl groups is 2. The van der Waals surface area contributed by atoms with Crippen LogP contribution in [0.4, 0.5) is 0 Å². The fourth-order valence-corrected chi connectivity index (χ4v) is 10.0. The van der Waals surface area contributed by atoms with E-state index in [0.717, 1.165) is 57.8 Å². The molecule has 0 aromatic rings. The van der Waals surface area contributed by atoms with Crippen LogP contribution in [0.1, 0.15) is 354 Å². The van der Waals surface area contributed by atoms with Gasteiger partial charge in [-0.2, -0.15) is 0 Å². The van der Waals surface area contributed by atoms with Crippen molar-refractivity contribution in [2.75, 3.05) is 13.2 Å². The van der Waals surface area contributed by atoms with E-state index < -0.39 is 12.1 Å². The van der Waals surface area contributed by atoms with Crippen LogP contribution in [0.25, 0.3) is 0 Å². The van der Waals surface area contributed by atoms with Crippen LogP contribution in [-0.4, -0.2) is 47.4 Å². The van der Waals surface area contributed by atoms with Gasteiger partial charge >= 0.3 is 5.97 Å². The van der Waals surface area contributed by atoms with E-state index in [-0.39, 0.29) is 18.5 Å². The lowest BCUT2D eigenvalue weighted by Crippen LogP contribution is -2.45. The molecule has 0 radical (unpaired) electrons. The van der Waals surface area contributed by atoms with Gasteiger partial charge in [0.1, 0.15) is 0 Å². The standard InChI is InChI=1S/C65H125NO5/c1-3-5-7-9-11-13-15-17-18-19-20-21-22-23-24-25-28-31-34-37-41-45-49-53-57-63(68)62(61-67)66-64(69)58-54-50-46-42-38-35-32-29-26-27-30-33-36-40-44-48-52-56-60-71-65(70)59-55-51-47-43-39-16-14-12-10-8-6-4-2/h29,32,53,57,62-63,67-68H,3-28,30-31,33-52,54-56,58-61H2,1-2H3,(H,66,69)/b32-29-,57-53+. The van der Waals surface area contributed by atoms with Gasteiger partial charge in [0.15, 0.2) is 0 Å². The zero-order chi connectivity index (χ0) is 51.4. The summed E-state index contributed by atoms with van der Waals surface area (Å²) in [5.74, 6) is -0.0752. The molecular weight excluding hydrogens is 875 g/mol. The average Bonchev–Trinajstić information content (AvgIpc) is 3.37. The molecule has 0 aliphatic heterocycles. The molecule has 0 spiro atoms. The molecular formula is C65H125NO5. The van der Waals surface area contributed by atoms with E-state index in [4.69, 9.17) is 4.74 Å². The first-order valence-corrected chi connectivity index (χ1v) is 32.1. The number of aliphatic hydroxyl groups excluding tert-OH is 2. The Morgan fingerprint density at radius 2 is 0.662 bits per heavy atom. The topological polar surface area (TPSA) is 95.9 Å². The van der Waals surface area contributed by atoms with E-state index in [9.17, 15) is 19.8 Å². The molecule has 0 aromatic heterocycles. The highest BCUT2D eigenvalue weighted by Crippen LogP contribution is 2.18. The molecule has 71 heavy (non-hydrogen) atoms. The van der Waals surface area contributed by atoms with Gasteiger partial charge < -0.3 is 20.3 Å². The van der Waals surface area contributed by atoms with Crippen molar-refractivity contribution in [1.82, 2.24) is 5.32 Å². The molecule has 1 amide bonds. The van der Waals surface area contributed by atoms with E-state index in [1.54, 1.807) is 6.08 Å². The largest absolute Gasteiger partial charge is 0.466 e. The third kappa shape index (κ3) is 57.5. The lowest BCUT2D eigenvalue weighted by Gasteiger charge is -2.20. The summed E-state index contributed by atoms with van der Waals surface area (Å²) >= 11 is 0. The van der Waals surface area contributed by atoms with Crippen LogP contribution in [0.3, 0.4) is 0 Å². The van der Waals surface area contributed by atoms with Crippen LogP contribution in [0.5, 0.6) is 0 Å². The van der Waals surface area contributed by atoms with E-state index in [2.05, 4.69) is 31.3 Å². The molecule has 0 heterocycles. The maximum atomic E-state index is 12.5. The number of ether oxygens (including phenoxy) is 1. The summed E-state index contributed by atoms with van der Waals surface area (Å²) in [6.45, 7) is 4.91. The lowest BCUT2D eigenvalue weighted by atomic mass is 10.0. The number of carbonyl (C=O) groups is 2. The van der Waals surface area contributed by atoms with Gasteiger partial charge in [-0.05, 0) is 57.8 Å². The van der Waals surface area contributed by atoms with Crippen molar-refractivity contribution >= 4 is 11.9 Å². The molecule has 0 bridgehead atoms. The highest BCUT2D eigenvalue weighted by molar-refractivity contribution is 5.76. The van der Waals surface area contributed by atoms with Gasteiger partial charge in [-0.1, -0.05) is 308 Å². The molecule has 0 aliphatic rings. The third-order valence-corrected chi connectivity index (χ3v) is 15.0. The second-order valence-electron chi connectivity index (χ2n) is 22.1. The van der Waals surface area contributed by atoms with Gasteiger partial charge in [0.05, 0.1) is 25.4 Å². The lowest BCUT2D eigenvalue weighted by molar-refractivity contribution is -0.143. The fourth-order valence-electron chi connectivity index (χ4n) is 10.0. The van der Waals surface area contributed by atoms with Crippen molar-refractivity contribution < 1.29 is 24.5 Å². The van der Waals surface area contributed by atoms with E-state index in [1.807, 2.05) is 6.08 Å². The summed E-state index contributed by atoms with van der Waals surface area (Å²) in [5, 5.41) is 23.2. The molecule has 2 atom stereocenters. The second-order valence-corrected chi connectivity index (χ2v) is 22.1. The van der Waals surface area contributed by atoms with Crippen molar-refractivity contribution in [1.29, 1.82) is 0 Å². The van der Waals surface area contributed by atoms with Gasteiger partial charge in [0.2, 0.25) is 5.91 Å². The number of amides is 1. The zero-order valence-electron chi connectivity index (χ0n) is 48.0. The molecule has 6 nitrogen and oxygen atoms in total. The molecule has 6 heteroatoms. The predicted octanol–water partition coefficient (Wildman–Crippen LogP) is 20.2. The number of carbonyl (C=O) groups excluding carboxylic acids is 2. The highest BCUT2D eigenvalue weighted by atomic mass is 16.5. The minimum atomic E-state index is -0.854. The molecule has 0 fully saturated rings. The van der Waals surface area contributed by atoms with Crippen LogP contribution in [0, 0.1) is 0 Å². The number of hydrogen-bond acceptors (Lipinski definition) is 5. The Kier molecular flexibility index (Phi) is 59.5. The first kappa shape index (κ1) is 69.3. The Morgan fingerprint density at radius 3 is 1.00 bits per heavy atom. The van der Waals surface area contributed by atoms with Crippen LogP contribution < -0.4 is 5.32 Å². The van der Waals surface area contributed by atoms with E-state index in [1.165, 1.54) is 270 Å². The van der Waals surface area contributed by atoms with Crippen LogP contribution in [0.2, 0.25) is 0 Å². The quantitative estimate of drug-likeness (QED) is 0.0320. The molecule has 2 unspecified atom stereocenters. The summed E-state index contributed by atoms with van der Waals surface area (Å²) in [6, 6.07) is -0.639. The average molecular weight is 1000 g/mol. The molecule has 0 saturated carbocycles. The Bertz CT molecular complexity index is 1110. The SMILES string of the molecule is CCCCCCCCCCCCCCCCCCCCCCCC/C=C/C(O)C(CO)NC(=O)CCCCCCC/C=C\CCCCCCCCCCCOC(=O)CCCCCCCCCCCCCC. The van der Waals surface area contributed by atoms with Gasteiger partial charge in [-0.25, -0.2) is 0 Å². The van der Waals surface area contributed by atoms with Crippen molar-refractivity contribution in [3.63, 3.8) is 0 Å².